The maximum Gasteiger partial charge on any atom is 0.148 e. The molecule has 2 aromatic carbocycles. The molecule has 0 spiro atoms. The predicted molar refractivity (Wildman–Crippen MR) is 103 cm³/mol. The third-order valence-electron chi connectivity index (χ3n) is 4.85. The van der Waals surface area contributed by atoms with Crippen LogP contribution in [0.1, 0.15) is 23.2 Å². The summed E-state index contributed by atoms with van der Waals surface area (Å²) < 4.78 is 0. The summed E-state index contributed by atoms with van der Waals surface area (Å²) in [5.74, 6) is 0.919. The average molecular weight is 332 g/mol. The Morgan fingerprint density at radius 3 is 2.60 bits per heavy atom. The number of rotatable bonds is 6. The van der Waals surface area contributed by atoms with Crippen LogP contribution in [0.5, 0.6) is 0 Å². The number of fused-ring (bicyclic) bond motifs is 1. The smallest absolute Gasteiger partial charge is 0.148 e. The van der Waals surface area contributed by atoms with Gasteiger partial charge in [0.25, 0.3) is 0 Å². The van der Waals surface area contributed by atoms with Crippen LogP contribution in [-0.2, 0) is 6.42 Å². The van der Waals surface area contributed by atoms with E-state index in [1.165, 1.54) is 30.6 Å². The van der Waals surface area contributed by atoms with E-state index < -0.39 is 0 Å². The number of likely N-dealkylation sites (tertiary alicyclic amines) is 1. The lowest BCUT2D eigenvalue weighted by Crippen LogP contribution is -2.40. The van der Waals surface area contributed by atoms with Crippen LogP contribution in [-0.4, -0.2) is 41.0 Å². The van der Waals surface area contributed by atoms with Gasteiger partial charge in [-0.25, -0.2) is 9.97 Å². The van der Waals surface area contributed by atoms with Crippen LogP contribution in [0.2, 0.25) is 0 Å². The number of nitrogens with zero attached hydrogens (tertiary/aromatic N) is 3. The normalized spacial score (nSPS) is 14.4. The molecule has 4 rings (SSSR count). The summed E-state index contributed by atoms with van der Waals surface area (Å²) in [6.07, 6.45) is 2.12. The van der Waals surface area contributed by atoms with E-state index in [2.05, 4.69) is 47.5 Å². The topological polar surface area (TPSA) is 41.1 Å². The van der Waals surface area contributed by atoms with Gasteiger partial charge in [0.1, 0.15) is 5.82 Å². The third-order valence-corrected chi connectivity index (χ3v) is 4.85. The molecule has 1 aliphatic rings. The molecule has 1 aliphatic heterocycles. The molecule has 0 atom stereocenters. The SMILES string of the molecule is Cc1cccc2nc(NCCN3CCC3)c(Cc3ccccc3)nc12. The molecule has 128 valence electrons. The van der Waals surface area contributed by atoms with Crippen LogP contribution in [0.4, 0.5) is 5.82 Å². The van der Waals surface area contributed by atoms with E-state index in [-0.39, 0.29) is 0 Å². The fourth-order valence-electron chi connectivity index (χ4n) is 3.24. The zero-order valence-electron chi connectivity index (χ0n) is 14.7. The first-order valence-electron chi connectivity index (χ1n) is 9.06. The summed E-state index contributed by atoms with van der Waals surface area (Å²) in [7, 11) is 0. The van der Waals surface area contributed by atoms with Crippen LogP contribution in [0.15, 0.2) is 48.5 Å². The summed E-state index contributed by atoms with van der Waals surface area (Å²) in [6.45, 7) is 6.52. The minimum Gasteiger partial charge on any atom is -0.367 e. The van der Waals surface area contributed by atoms with E-state index in [4.69, 9.17) is 9.97 Å². The molecular weight excluding hydrogens is 308 g/mol. The first-order valence-corrected chi connectivity index (χ1v) is 9.06. The van der Waals surface area contributed by atoms with Crippen molar-refractivity contribution in [2.24, 2.45) is 0 Å². The molecule has 4 heteroatoms. The molecule has 0 amide bonds. The summed E-state index contributed by atoms with van der Waals surface area (Å²) in [5.41, 5.74) is 5.42. The summed E-state index contributed by atoms with van der Waals surface area (Å²) in [5, 5.41) is 3.53. The molecule has 1 N–H and O–H groups in total. The molecule has 0 saturated carbocycles. The first-order chi connectivity index (χ1) is 12.3. The Morgan fingerprint density at radius 1 is 1.00 bits per heavy atom. The fourth-order valence-corrected chi connectivity index (χ4v) is 3.24. The van der Waals surface area contributed by atoms with Gasteiger partial charge in [-0.1, -0.05) is 42.5 Å². The van der Waals surface area contributed by atoms with Crippen LogP contribution >= 0.6 is 0 Å². The van der Waals surface area contributed by atoms with Gasteiger partial charge in [-0.05, 0) is 43.6 Å². The minimum atomic E-state index is 0.796. The van der Waals surface area contributed by atoms with Gasteiger partial charge in [-0.15, -0.1) is 0 Å². The standard InChI is InChI=1S/C21H24N4/c1-16-7-5-10-18-20(16)23-19(15-17-8-3-2-4-9-17)21(24-18)22-11-14-25-12-6-13-25/h2-5,7-10H,6,11-15H2,1H3,(H,22,24). The average Bonchev–Trinajstić information content (AvgIpc) is 2.59. The first kappa shape index (κ1) is 16.0. The highest BCUT2D eigenvalue weighted by molar-refractivity contribution is 5.79. The van der Waals surface area contributed by atoms with E-state index in [0.717, 1.165) is 42.1 Å². The Morgan fingerprint density at radius 2 is 1.84 bits per heavy atom. The number of anilines is 1. The van der Waals surface area contributed by atoms with Crippen molar-refractivity contribution < 1.29 is 0 Å². The molecule has 2 heterocycles. The Labute approximate surface area is 148 Å². The molecule has 0 radical (unpaired) electrons. The second-order valence-corrected chi connectivity index (χ2v) is 6.75. The maximum absolute atomic E-state index is 4.96. The Hall–Kier alpha value is -2.46. The fraction of sp³-hybridized carbons (Fsp3) is 0.333. The number of benzene rings is 2. The van der Waals surface area contributed by atoms with Crippen molar-refractivity contribution in [1.82, 2.24) is 14.9 Å². The van der Waals surface area contributed by atoms with E-state index >= 15 is 0 Å². The van der Waals surface area contributed by atoms with E-state index in [0.29, 0.717) is 0 Å². The number of hydrogen-bond acceptors (Lipinski definition) is 4. The number of hydrogen-bond donors (Lipinski definition) is 1. The number of aryl methyl sites for hydroxylation is 1. The number of nitrogens with one attached hydrogen (secondary N) is 1. The largest absolute Gasteiger partial charge is 0.367 e. The van der Waals surface area contributed by atoms with Crippen LogP contribution < -0.4 is 5.32 Å². The summed E-state index contributed by atoms with van der Waals surface area (Å²) >= 11 is 0. The highest BCUT2D eigenvalue weighted by Gasteiger charge is 2.14. The molecule has 0 bridgehead atoms. The van der Waals surface area contributed by atoms with E-state index in [9.17, 15) is 0 Å². The van der Waals surface area contributed by atoms with Gasteiger partial charge in [-0.3, -0.25) is 0 Å². The van der Waals surface area contributed by atoms with Gasteiger partial charge in [0, 0.05) is 19.5 Å². The van der Waals surface area contributed by atoms with Crippen molar-refractivity contribution in [1.29, 1.82) is 0 Å². The minimum absolute atomic E-state index is 0.796. The summed E-state index contributed by atoms with van der Waals surface area (Å²) in [6, 6.07) is 16.7. The highest BCUT2D eigenvalue weighted by atomic mass is 15.2. The second-order valence-electron chi connectivity index (χ2n) is 6.75. The lowest BCUT2D eigenvalue weighted by atomic mass is 10.1. The molecule has 0 unspecified atom stereocenters. The van der Waals surface area contributed by atoms with Crippen LogP contribution in [0, 0.1) is 6.92 Å². The summed E-state index contributed by atoms with van der Waals surface area (Å²) in [4.78, 5) is 12.3. The van der Waals surface area contributed by atoms with Gasteiger partial charge in [0.05, 0.1) is 16.7 Å². The van der Waals surface area contributed by atoms with Crippen molar-refractivity contribution in [3.63, 3.8) is 0 Å². The molecule has 1 fully saturated rings. The van der Waals surface area contributed by atoms with Crippen molar-refractivity contribution in [3.8, 4) is 0 Å². The molecule has 0 aliphatic carbocycles. The monoisotopic (exact) mass is 332 g/mol. The van der Waals surface area contributed by atoms with Crippen molar-refractivity contribution in [3.05, 3.63) is 65.4 Å². The lowest BCUT2D eigenvalue weighted by molar-refractivity contribution is 0.189. The maximum atomic E-state index is 4.96. The van der Waals surface area contributed by atoms with E-state index in [1.807, 2.05) is 18.2 Å². The predicted octanol–water partition coefficient (Wildman–Crippen LogP) is 3.65. The molecule has 25 heavy (non-hydrogen) atoms. The van der Waals surface area contributed by atoms with Gasteiger partial charge < -0.3 is 10.2 Å². The van der Waals surface area contributed by atoms with Gasteiger partial charge >= 0.3 is 0 Å². The van der Waals surface area contributed by atoms with Crippen LogP contribution in [0.25, 0.3) is 11.0 Å². The van der Waals surface area contributed by atoms with Crippen LogP contribution in [0.3, 0.4) is 0 Å². The highest BCUT2D eigenvalue weighted by Crippen LogP contribution is 2.22. The molecule has 1 saturated heterocycles. The van der Waals surface area contributed by atoms with E-state index in [1.54, 1.807) is 0 Å². The molecule has 4 nitrogen and oxygen atoms in total. The van der Waals surface area contributed by atoms with Gasteiger partial charge in [-0.2, -0.15) is 0 Å². The lowest BCUT2D eigenvalue weighted by Gasteiger charge is -2.30. The quantitative estimate of drug-likeness (QED) is 0.748. The second kappa shape index (κ2) is 7.19. The Kier molecular flexibility index (Phi) is 4.61. The number of para-hydroxylation sites is 1. The zero-order chi connectivity index (χ0) is 17.1. The van der Waals surface area contributed by atoms with Gasteiger partial charge in [0.15, 0.2) is 0 Å². The Bertz CT molecular complexity index is 856. The molecule has 3 aromatic rings. The van der Waals surface area contributed by atoms with Crippen molar-refractivity contribution in [2.75, 3.05) is 31.5 Å². The molecule has 1 aromatic heterocycles. The Balaban J connectivity index is 1.63. The zero-order valence-corrected chi connectivity index (χ0v) is 14.7. The third kappa shape index (κ3) is 3.64. The van der Waals surface area contributed by atoms with Crippen molar-refractivity contribution >= 4 is 16.9 Å². The van der Waals surface area contributed by atoms with Gasteiger partial charge in [0.2, 0.25) is 0 Å². The van der Waals surface area contributed by atoms with Crippen molar-refractivity contribution in [2.45, 2.75) is 19.8 Å². The number of aromatic nitrogens is 2. The molecular formula is C21H24N4.